The lowest BCUT2D eigenvalue weighted by Crippen LogP contribution is -2.41. The van der Waals surface area contributed by atoms with Gasteiger partial charge in [-0.25, -0.2) is 14.8 Å². The lowest BCUT2D eigenvalue weighted by Gasteiger charge is -2.32. The predicted octanol–water partition coefficient (Wildman–Crippen LogP) is 3.12. The molecule has 23 heavy (non-hydrogen) atoms. The molecule has 0 radical (unpaired) electrons. The van der Waals surface area contributed by atoms with Crippen molar-refractivity contribution in [1.29, 1.82) is 0 Å². The summed E-state index contributed by atoms with van der Waals surface area (Å²) < 4.78 is 0. The third kappa shape index (κ3) is 3.90. The van der Waals surface area contributed by atoms with Gasteiger partial charge in [-0.2, -0.15) is 0 Å². The highest BCUT2D eigenvalue weighted by Gasteiger charge is 2.25. The Balaban J connectivity index is 1.65. The maximum Gasteiger partial charge on any atom is 0.321 e. The van der Waals surface area contributed by atoms with Gasteiger partial charge in [-0.15, -0.1) is 0 Å². The van der Waals surface area contributed by atoms with Crippen LogP contribution in [0.25, 0.3) is 0 Å². The van der Waals surface area contributed by atoms with Crippen molar-refractivity contribution in [3.63, 3.8) is 0 Å². The number of carbonyl (C=O) groups is 1. The molecule has 0 bridgehead atoms. The molecule has 0 aliphatic carbocycles. The van der Waals surface area contributed by atoms with E-state index in [9.17, 15) is 4.79 Å². The van der Waals surface area contributed by atoms with E-state index in [4.69, 9.17) is 17.3 Å². The number of halogens is 1. The molecule has 1 aliphatic heterocycles. The normalized spacial score (nSPS) is 17.8. The summed E-state index contributed by atoms with van der Waals surface area (Å²) in [6.07, 6.45) is 3.58. The first-order chi connectivity index (χ1) is 11.1. The van der Waals surface area contributed by atoms with E-state index in [1.165, 1.54) is 0 Å². The van der Waals surface area contributed by atoms with Gasteiger partial charge in [-0.3, -0.25) is 0 Å². The molecule has 1 aromatic heterocycles. The number of nitrogens with two attached hydrogens (primary N) is 1. The molecule has 6 nitrogen and oxygen atoms in total. The second-order valence-electron chi connectivity index (χ2n) is 5.56. The smallest absolute Gasteiger partial charge is 0.321 e. The molecule has 0 spiro atoms. The predicted molar refractivity (Wildman–Crippen MR) is 90.5 cm³/mol. The minimum atomic E-state index is -0.112. The van der Waals surface area contributed by atoms with E-state index in [1.54, 1.807) is 35.4 Å². The van der Waals surface area contributed by atoms with Gasteiger partial charge in [-0.05, 0) is 43.2 Å². The van der Waals surface area contributed by atoms with Crippen LogP contribution in [0.5, 0.6) is 0 Å². The van der Waals surface area contributed by atoms with Crippen LogP contribution in [0.15, 0.2) is 36.5 Å². The lowest BCUT2D eigenvalue weighted by molar-refractivity contribution is 0.192. The van der Waals surface area contributed by atoms with Crippen LogP contribution < -0.4 is 11.1 Å². The Labute approximate surface area is 139 Å². The largest absolute Gasteiger partial charge is 0.368 e. The highest BCUT2D eigenvalue weighted by Crippen LogP contribution is 2.26. The van der Waals surface area contributed by atoms with Crippen LogP contribution in [-0.4, -0.2) is 34.0 Å². The Morgan fingerprint density at radius 1 is 1.30 bits per heavy atom. The monoisotopic (exact) mass is 331 g/mol. The minimum Gasteiger partial charge on any atom is -0.368 e. The zero-order valence-corrected chi connectivity index (χ0v) is 13.3. The number of carbonyl (C=O) groups excluding carboxylic acids is 1. The first-order valence-electron chi connectivity index (χ1n) is 7.52. The van der Waals surface area contributed by atoms with Crippen molar-refractivity contribution in [2.24, 2.45) is 0 Å². The third-order valence-corrected chi connectivity index (χ3v) is 4.17. The molecule has 0 saturated carbocycles. The molecule has 2 heterocycles. The Bertz CT molecular complexity index is 691. The van der Waals surface area contributed by atoms with E-state index in [2.05, 4.69) is 15.3 Å². The molecule has 2 aromatic rings. The second kappa shape index (κ2) is 6.83. The molecular weight excluding hydrogens is 314 g/mol. The molecule has 3 rings (SSSR count). The highest BCUT2D eigenvalue weighted by atomic mass is 35.5. The maximum atomic E-state index is 12.4. The van der Waals surface area contributed by atoms with Crippen LogP contribution in [0.3, 0.4) is 0 Å². The van der Waals surface area contributed by atoms with Crippen LogP contribution in [0.2, 0.25) is 5.02 Å². The number of amides is 2. The molecule has 3 N–H and O–H groups in total. The summed E-state index contributed by atoms with van der Waals surface area (Å²) in [6, 6.07) is 8.82. The van der Waals surface area contributed by atoms with E-state index >= 15 is 0 Å². The Morgan fingerprint density at radius 2 is 2.09 bits per heavy atom. The fourth-order valence-electron chi connectivity index (χ4n) is 2.75. The van der Waals surface area contributed by atoms with Gasteiger partial charge in [0.25, 0.3) is 0 Å². The summed E-state index contributed by atoms with van der Waals surface area (Å²) in [5, 5.41) is 3.53. The zero-order chi connectivity index (χ0) is 16.2. The molecular formula is C16H18ClN5O. The lowest BCUT2D eigenvalue weighted by atomic mass is 9.95. The molecule has 1 saturated heterocycles. The Hall–Kier alpha value is -2.34. The van der Waals surface area contributed by atoms with Crippen molar-refractivity contribution in [2.45, 2.75) is 18.8 Å². The van der Waals surface area contributed by atoms with Gasteiger partial charge in [0, 0.05) is 35.9 Å². The van der Waals surface area contributed by atoms with Crippen LogP contribution in [0.4, 0.5) is 16.4 Å². The zero-order valence-electron chi connectivity index (χ0n) is 12.6. The SMILES string of the molecule is Nc1nccc(C2CCCN(C(=O)Nc3ccc(Cl)cc3)C2)n1. The fraction of sp³-hybridized carbons (Fsp3) is 0.312. The first kappa shape index (κ1) is 15.6. The number of urea groups is 1. The van der Waals surface area contributed by atoms with Crippen molar-refractivity contribution < 1.29 is 4.79 Å². The number of nitrogens with zero attached hydrogens (tertiary/aromatic N) is 3. The topological polar surface area (TPSA) is 84.1 Å². The number of anilines is 2. The molecule has 1 fully saturated rings. The second-order valence-corrected chi connectivity index (χ2v) is 6.00. The van der Waals surface area contributed by atoms with Crippen LogP contribution in [0.1, 0.15) is 24.5 Å². The molecule has 1 atom stereocenters. The average molecular weight is 332 g/mol. The number of hydrogen-bond acceptors (Lipinski definition) is 4. The summed E-state index contributed by atoms with van der Waals surface area (Å²) in [6.45, 7) is 1.35. The number of hydrogen-bond donors (Lipinski definition) is 2. The van der Waals surface area contributed by atoms with Crippen molar-refractivity contribution >= 4 is 29.3 Å². The van der Waals surface area contributed by atoms with Crippen molar-refractivity contribution in [3.8, 4) is 0 Å². The molecule has 1 unspecified atom stereocenters. The summed E-state index contributed by atoms with van der Waals surface area (Å²) in [5.74, 6) is 0.454. The summed E-state index contributed by atoms with van der Waals surface area (Å²) in [4.78, 5) is 22.4. The number of nitrogen functional groups attached to an aromatic ring is 1. The van der Waals surface area contributed by atoms with Gasteiger partial charge in [-0.1, -0.05) is 11.6 Å². The van der Waals surface area contributed by atoms with E-state index < -0.39 is 0 Å². The van der Waals surface area contributed by atoms with Gasteiger partial charge in [0.2, 0.25) is 5.95 Å². The van der Waals surface area contributed by atoms with Gasteiger partial charge < -0.3 is 16.0 Å². The average Bonchev–Trinajstić information content (AvgIpc) is 2.57. The van der Waals surface area contributed by atoms with Gasteiger partial charge in [0.15, 0.2) is 0 Å². The quantitative estimate of drug-likeness (QED) is 0.885. The number of likely N-dealkylation sites (tertiary alicyclic amines) is 1. The van der Waals surface area contributed by atoms with Crippen LogP contribution in [0, 0.1) is 0 Å². The van der Waals surface area contributed by atoms with E-state index in [0.29, 0.717) is 11.6 Å². The summed E-state index contributed by atoms with van der Waals surface area (Å²) >= 11 is 5.85. The third-order valence-electron chi connectivity index (χ3n) is 3.92. The number of rotatable bonds is 2. The first-order valence-corrected chi connectivity index (χ1v) is 7.89. The van der Waals surface area contributed by atoms with Gasteiger partial charge >= 0.3 is 6.03 Å². The van der Waals surface area contributed by atoms with Gasteiger partial charge in [0.1, 0.15) is 0 Å². The molecule has 1 aliphatic rings. The number of piperidine rings is 1. The van der Waals surface area contributed by atoms with Gasteiger partial charge in [0.05, 0.1) is 5.69 Å². The molecule has 2 amide bonds. The maximum absolute atomic E-state index is 12.4. The van der Waals surface area contributed by atoms with E-state index in [1.807, 2.05) is 6.07 Å². The molecule has 1 aromatic carbocycles. The van der Waals surface area contributed by atoms with Crippen molar-refractivity contribution in [2.75, 3.05) is 24.1 Å². The summed E-state index contributed by atoms with van der Waals surface area (Å²) in [5.41, 5.74) is 7.27. The minimum absolute atomic E-state index is 0.112. The Kier molecular flexibility index (Phi) is 4.62. The van der Waals surface area contributed by atoms with Crippen molar-refractivity contribution in [3.05, 3.63) is 47.2 Å². The number of nitrogens with one attached hydrogen (secondary N) is 1. The highest BCUT2D eigenvalue weighted by molar-refractivity contribution is 6.30. The number of benzene rings is 1. The van der Waals surface area contributed by atoms with Crippen LogP contribution >= 0.6 is 11.6 Å². The van der Waals surface area contributed by atoms with E-state index in [-0.39, 0.29) is 17.9 Å². The van der Waals surface area contributed by atoms with E-state index in [0.717, 1.165) is 30.8 Å². The fourth-order valence-corrected chi connectivity index (χ4v) is 2.88. The van der Waals surface area contributed by atoms with Crippen LogP contribution in [-0.2, 0) is 0 Å². The number of aromatic nitrogens is 2. The molecule has 7 heteroatoms. The summed E-state index contributed by atoms with van der Waals surface area (Å²) in [7, 11) is 0. The van der Waals surface area contributed by atoms with Crippen molar-refractivity contribution in [1.82, 2.24) is 14.9 Å². The molecule has 120 valence electrons. The Morgan fingerprint density at radius 3 is 2.83 bits per heavy atom. The standard InChI is InChI=1S/C16H18ClN5O/c17-12-3-5-13(6-4-12)20-16(23)22-9-1-2-11(10-22)14-7-8-19-15(18)21-14/h3-8,11H,1-2,9-10H2,(H,20,23)(H2,18,19,21).